The molecule has 0 bridgehead atoms. The minimum Gasteiger partial charge on any atom is -0.462 e. The van der Waals surface area contributed by atoms with Crippen molar-refractivity contribution in [2.75, 3.05) is 43.1 Å². The molecule has 6 nitrogen and oxygen atoms in total. The molecule has 148 valence electrons. The Hall–Kier alpha value is -2.28. The van der Waals surface area contributed by atoms with Gasteiger partial charge in [0.05, 0.1) is 41.1 Å². The Bertz CT molecular complexity index is 883. The van der Waals surface area contributed by atoms with Crippen molar-refractivity contribution >= 4 is 46.5 Å². The van der Waals surface area contributed by atoms with Crippen LogP contribution in [-0.2, 0) is 9.47 Å². The molecule has 28 heavy (non-hydrogen) atoms. The third kappa shape index (κ3) is 4.76. The Morgan fingerprint density at radius 3 is 2.54 bits per heavy atom. The van der Waals surface area contributed by atoms with Crippen LogP contribution in [-0.4, -0.2) is 44.8 Å². The summed E-state index contributed by atoms with van der Waals surface area (Å²) in [5.41, 5.74) is 2.01. The average molecular weight is 423 g/mol. The number of ether oxygens (including phenoxy) is 2. The van der Waals surface area contributed by atoms with E-state index in [1.165, 1.54) is 6.07 Å². The summed E-state index contributed by atoms with van der Waals surface area (Å²) in [4.78, 5) is 27.1. The van der Waals surface area contributed by atoms with Gasteiger partial charge in [0, 0.05) is 24.3 Å². The zero-order valence-electron chi connectivity index (χ0n) is 15.3. The number of rotatable bonds is 5. The topological polar surface area (TPSA) is 67.9 Å². The van der Waals surface area contributed by atoms with E-state index in [0.717, 1.165) is 5.69 Å². The van der Waals surface area contributed by atoms with Crippen molar-refractivity contribution in [3.63, 3.8) is 0 Å². The molecule has 0 aromatic heterocycles. The van der Waals surface area contributed by atoms with Crippen LogP contribution < -0.4 is 10.2 Å². The SMILES string of the molecule is CCOC(=O)c1cc(NC(=O)c2ccc(Cl)c(Cl)c2)ccc1N1CCOCC1. The van der Waals surface area contributed by atoms with Crippen molar-refractivity contribution in [3.8, 4) is 0 Å². The van der Waals surface area contributed by atoms with Crippen molar-refractivity contribution < 1.29 is 19.1 Å². The van der Waals surface area contributed by atoms with Gasteiger partial charge in [-0.15, -0.1) is 0 Å². The highest BCUT2D eigenvalue weighted by Gasteiger charge is 2.21. The van der Waals surface area contributed by atoms with E-state index in [1.807, 2.05) is 6.07 Å². The van der Waals surface area contributed by atoms with E-state index in [0.29, 0.717) is 53.2 Å². The largest absolute Gasteiger partial charge is 0.462 e. The number of benzene rings is 2. The molecule has 0 saturated carbocycles. The quantitative estimate of drug-likeness (QED) is 0.728. The number of hydrogen-bond donors (Lipinski definition) is 1. The van der Waals surface area contributed by atoms with Crippen LogP contribution in [0.4, 0.5) is 11.4 Å². The average Bonchev–Trinajstić information content (AvgIpc) is 2.70. The normalized spacial score (nSPS) is 13.9. The summed E-state index contributed by atoms with van der Waals surface area (Å²) in [6.07, 6.45) is 0. The number of carbonyl (C=O) groups is 2. The summed E-state index contributed by atoms with van der Waals surface area (Å²) >= 11 is 11.9. The molecular formula is C20H20Cl2N2O4. The highest BCUT2D eigenvalue weighted by atomic mass is 35.5. The first kappa shape index (κ1) is 20.5. The van der Waals surface area contributed by atoms with Crippen molar-refractivity contribution in [1.82, 2.24) is 0 Å². The first-order valence-corrected chi connectivity index (χ1v) is 9.65. The summed E-state index contributed by atoms with van der Waals surface area (Å²) in [6, 6.07) is 9.82. The Kier molecular flexibility index (Phi) is 6.78. The van der Waals surface area contributed by atoms with Gasteiger partial charge >= 0.3 is 5.97 Å². The van der Waals surface area contributed by atoms with Gasteiger partial charge in [0.15, 0.2) is 0 Å². The van der Waals surface area contributed by atoms with E-state index in [2.05, 4.69) is 10.2 Å². The van der Waals surface area contributed by atoms with Crippen LogP contribution >= 0.6 is 23.2 Å². The summed E-state index contributed by atoms with van der Waals surface area (Å²) in [5, 5.41) is 3.45. The fourth-order valence-electron chi connectivity index (χ4n) is 2.91. The second-order valence-corrected chi connectivity index (χ2v) is 6.95. The van der Waals surface area contributed by atoms with Gasteiger partial charge in [-0.05, 0) is 43.3 Å². The van der Waals surface area contributed by atoms with Crippen molar-refractivity contribution in [2.45, 2.75) is 6.92 Å². The molecule has 1 fully saturated rings. The third-order valence-corrected chi connectivity index (χ3v) is 5.02. The number of morpholine rings is 1. The molecule has 0 spiro atoms. The molecule has 1 heterocycles. The van der Waals surface area contributed by atoms with Crippen LogP contribution in [0.1, 0.15) is 27.6 Å². The molecule has 1 amide bonds. The Morgan fingerprint density at radius 2 is 1.86 bits per heavy atom. The molecule has 2 aromatic carbocycles. The predicted molar refractivity (Wildman–Crippen MR) is 110 cm³/mol. The fraction of sp³-hybridized carbons (Fsp3) is 0.300. The summed E-state index contributed by atoms with van der Waals surface area (Å²) < 4.78 is 10.6. The van der Waals surface area contributed by atoms with Crippen LogP contribution in [0.25, 0.3) is 0 Å². The molecule has 0 unspecified atom stereocenters. The maximum absolute atomic E-state index is 12.5. The Balaban J connectivity index is 1.86. The number of esters is 1. The number of hydrogen-bond acceptors (Lipinski definition) is 5. The van der Waals surface area contributed by atoms with E-state index in [-0.39, 0.29) is 12.5 Å². The minimum atomic E-state index is -0.436. The van der Waals surface area contributed by atoms with E-state index in [4.69, 9.17) is 32.7 Å². The van der Waals surface area contributed by atoms with Gasteiger partial charge in [0.25, 0.3) is 5.91 Å². The van der Waals surface area contributed by atoms with Crippen LogP contribution in [0.2, 0.25) is 10.0 Å². The van der Waals surface area contributed by atoms with E-state index >= 15 is 0 Å². The molecule has 1 N–H and O–H groups in total. The van der Waals surface area contributed by atoms with Gasteiger partial charge in [-0.25, -0.2) is 4.79 Å². The van der Waals surface area contributed by atoms with E-state index in [1.54, 1.807) is 31.2 Å². The van der Waals surface area contributed by atoms with Crippen LogP contribution in [0.3, 0.4) is 0 Å². The van der Waals surface area contributed by atoms with Crippen LogP contribution in [0, 0.1) is 0 Å². The lowest BCUT2D eigenvalue weighted by Crippen LogP contribution is -2.37. The molecule has 3 rings (SSSR count). The van der Waals surface area contributed by atoms with Gasteiger partial charge in [-0.3, -0.25) is 4.79 Å². The number of nitrogens with zero attached hydrogens (tertiary/aromatic N) is 1. The molecule has 0 radical (unpaired) electrons. The fourth-order valence-corrected chi connectivity index (χ4v) is 3.20. The number of carbonyl (C=O) groups excluding carboxylic acids is 2. The standard InChI is InChI=1S/C20H20Cl2N2O4/c1-2-28-20(26)15-12-14(4-6-18(15)24-7-9-27-10-8-24)23-19(25)13-3-5-16(21)17(22)11-13/h3-6,11-12H,2,7-10H2,1H3,(H,23,25). The molecule has 8 heteroatoms. The zero-order chi connectivity index (χ0) is 20.1. The molecule has 1 saturated heterocycles. The highest BCUT2D eigenvalue weighted by Crippen LogP contribution is 2.27. The van der Waals surface area contributed by atoms with E-state index in [9.17, 15) is 9.59 Å². The maximum atomic E-state index is 12.5. The molecule has 2 aromatic rings. The highest BCUT2D eigenvalue weighted by molar-refractivity contribution is 6.42. The van der Waals surface area contributed by atoms with Crippen LogP contribution in [0.15, 0.2) is 36.4 Å². The molecule has 1 aliphatic heterocycles. The van der Waals surface area contributed by atoms with Gasteiger partial charge < -0.3 is 19.7 Å². The van der Waals surface area contributed by atoms with Crippen LogP contribution in [0.5, 0.6) is 0 Å². The Labute approximate surface area is 173 Å². The Morgan fingerprint density at radius 1 is 1.11 bits per heavy atom. The second kappa shape index (κ2) is 9.28. The number of anilines is 2. The smallest absolute Gasteiger partial charge is 0.340 e. The third-order valence-electron chi connectivity index (χ3n) is 4.28. The van der Waals surface area contributed by atoms with Gasteiger partial charge in [-0.2, -0.15) is 0 Å². The monoisotopic (exact) mass is 422 g/mol. The summed E-state index contributed by atoms with van der Waals surface area (Å²) in [6.45, 7) is 4.57. The number of amides is 1. The summed E-state index contributed by atoms with van der Waals surface area (Å²) in [5.74, 6) is -0.790. The van der Waals surface area contributed by atoms with Crippen molar-refractivity contribution in [2.24, 2.45) is 0 Å². The first-order chi connectivity index (χ1) is 13.5. The molecular weight excluding hydrogens is 403 g/mol. The van der Waals surface area contributed by atoms with Crippen molar-refractivity contribution in [3.05, 3.63) is 57.6 Å². The maximum Gasteiger partial charge on any atom is 0.340 e. The lowest BCUT2D eigenvalue weighted by atomic mass is 10.1. The molecule has 0 atom stereocenters. The molecule has 0 aliphatic carbocycles. The summed E-state index contributed by atoms with van der Waals surface area (Å²) in [7, 11) is 0. The predicted octanol–water partition coefficient (Wildman–Crippen LogP) is 4.26. The van der Waals surface area contributed by atoms with Gasteiger partial charge in [0.2, 0.25) is 0 Å². The second-order valence-electron chi connectivity index (χ2n) is 6.13. The first-order valence-electron chi connectivity index (χ1n) is 8.90. The van der Waals surface area contributed by atoms with Gasteiger partial charge in [-0.1, -0.05) is 23.2 Å². The lowest BCUT2D eigenvalue weighted by molar-refractivity contribution is 0.0526. The number of nitrogens with one attached hydrogen (secondary N) is 1. The minimum absolute atomic E-state index is 0.265. The number of halogens is 2. The lowest BCUT2D eigenvalue weighted by Gasteiger charge is -2.30. The van der Waals surface area contributed by atoms with E-state index < -0.39 is 5.97 Å². The zero-order valence-corrected chi connectivity index (χ0v) is 16.8. The molecule has 1 aliphatic rings. The van der Waals surface area contributed by atoms with Gasteiger partial charge in [0.1, 0.15) is 0 Å². The van der Waals surface area contributed by atoms with Crippen molar-refractivity contribution in [1.29, 1.82) is 0 Å².